The van der Waals surface area contributed by atoms with Gasteiger partial charge in [0.05, 0.1) is 5.54 Å². The van der Waals surface area contributed by atoms with Crippen molar-refractivity contribution in [3.05, 3.63) is 12.2 Å². The molecule has 5 rings (SSSR count). The van der Waals surface area contributed by atoms with E-state index < -0.39 is 0 Å². The highest BCUT2D eigenvalue weighted by atomic mass is 16.1. The molecule has 5 aliphatic rings. The molecule has 31 heavy (non-hydrogen) atoms. The van der Waals surface area contributed by atoms with Crippen LogP contribution in [-0.4, -0.2) is 11.3 Å². The predicted octanol–water partition coefficient (Wildman–Crippen LogP) is 6.21. The first kappa shape index (κ1) is 22.2. The predicted molar refractivity (Wildman–Crippen MR) is 127 cm³/mol. The molecule has 2 heteroatoms. The van der Waals surface area contributed by atoms with Crippen LogP contribution in [0.2, 0.25) is 0 Å². The van der Waals surface area contributed by atoms with Gasteiger partial charge in [0.15, 0.2) is 0 Å². The molecule has 9 atom stereocenters. The summed E-state index contributed by atoms with van der Waals surface area (Å²) in [5.74, 6) is 4.05. The smallest absolute Gasteiger partial charge is 0.138 e. The third-order valence-corrected chi connectivity index (χ3v) is 13.0. The van der Waals surface area contributed by atoms with E-state index in [1.54, 1.807) is 0 Å². The highest BCUT2D eigenvalue weighted by Gasteiger charge is 2.71. The van der Waals surface area contributed by atoms with Gasteiger partial charge in [0.1, 0.15) is 5.78 Å². The van der Waals surface area contributed by atoms with Crippen molar-refractivity contribution in [1.29, 1.82) is 0 Å². The zero-order valence-electron chi connectivity index (χ0n) is 21.3. The van der Waals surface area contributed by atoms with E-state index in [0.29, 0.717) is 33.9 Å². The van der Waals surface area contributed by atoms with E-state index in [9.17, 15) is 4.79 Å². The molecule has 0 unspecified atom stereocenters. The number of quaternary nitrogens is 1. The molecule has 0 bridgehead atoms. The second kappa shape index (κ2) is 6.49. The number of hydrogen-bond donors (Lipinski definition) is 1. The molecule has 5 fully saturated rings. The molecule has 0 aromatic rings. The Kier molecular flexibility index (Phi) is 4.64. The van der Waals surface area contributed by atoms with Gasteiger partial charge in [-0.05, 0) is 91.8 Å². The molecule has 5 aliphatic carbocycles. The molecule has 0 aromatic heterocycles. The fraction of sp³-hybridized carbons (Fsp3) is 0.897. The Labute approximate surface area is 191 Å². The minimum atomic E-state index is -0.141. The Balaban J connectivity index is 1.55. The van der Waals surface area contributed by atoms with E-state index in [0.717, 1.165) is 30.6 Å². The number of hydrogen-bond acceptors (Lipinski definition) is 1. The first-order valence-electron chi connectivity index (χ1n) is 13.4. The molecule has 174 valence electrons. The average Bonchev–Trinajstić information content (AvgIpc) is 3.04. The number of allylic oxidation sites excluding steroid dienone is 1. The normalized spacial score (nSPS) is 55.6. The molecule has 0 aliphatic heterocycles. The van der Waals surface area contributed by atoms with Crippen molar-refractivity contribution in [2.24, 2.45) is 51.2 Å². The highest BCUT2D eigenvalue weighted by molar-refractivity contribution is 5.85. The van der Waals surface area contributed by atoms with Crippen molar-refractivity contribution in [1.82, 2.24) is 0 Å². The number of rotatable bonds is 1. The van der Waals surface area contributed by atoms with Crippen LogP contribution < -0.4 is 5.73 Å². The summed E-state index contributed by atoms with van der Waals surface area (Å²) in [6, 6.07) is 0. The molecule has 0 radical (unpaired) electrons. The Bertz CT molecular complexity index is 814. The van der Waals surface area contributed by atoms with Crippen LogP contribution in [0.15, 0.2) is 12.2 Å². The first-order chi connectivity index (χ1) is 14.3. The van der Waals surface area contributed by atoms with Gasteiger partial charge >= 0.3 is 0 Å². The molecule has 0 heterocycles. The Morgan fingerprint density at radius 3 is 2.26 bits per heavy atom. The number of carbonyl (C=O) groups is 1. The molecule has 2 nitrogen and oxygen atoms in total. The van der Waals surface area contributed by atoms with Crippen LogP contribution in [0.1, 0.15) is 106 Å². The van der Waals surface area contributed by atoms with Gasteiger partial charge in [-0.1, -0.05) is 46.8 Å². The fourth-order valence-corrected chi connectivity index (χ4v) is 11.1. The van der Waals surface area contributed by atoms with E-state index in [1.807, 2.05) is 0 Å². The highest BCUT2D eigenvalue weighted by Crippen LogP contribution is 2.75. The lowest BCUT2D eigenvalue weighted by Gasteiger charge is -2.71. The third-order valence-electron chi connectivity index (χ3n) is 13.0. The summed E-state index contributed by atoms with van der Waals surface area (Å²) >= 11 is 0. The Morgan fingerprint density at radius 1 is 0.871 bits per heavy atom. The van der Waals surface area contributed by atoms with Crippen molar-refractivity contribution in [2.45, 2.75) is 111 Å². The van der Waals surface area contributed by atoms with Crippen molar-refractivity contribution in [3.63, 3.8) is 0 Å². The van der Waals surface area contributed by atoms with Gasteiger partial charge < -0.3 is 5.73 Å². The van der Waals surface area contributed by atoms with Gasteiger partial charge in [-0.15, -0.1) is 0 Å². The largest absolute Gasteiger partial charge is 0.352 e. The number of ketones is 1. The van der Waals surface area contributed by atoms with Crippen LogP contribution in [0.3, 0.4) is 0 Å². The molecular weight excluding hydrogens is 378 g/mol. The molecule has 3 N–H and O–H groups in total. The van der Waals surface area contributed by atoms with Crippen LogP contribution >= 0.6 is 0 Å². The quantitative estimate of drug-likeness (QED) is 0.498. The Morgan fingerprint density at radius 2 is 1.58 bits per heavy atom. The van der Waals surface area contributed by atoms with Gasteiger partial charge in [0, 0.05) is 30.6 Å². The van der Waals surface area contributed by atoms with Gasteiger partial charge in [-0.2, -0.15) is 0 Å². The lowest BCUT2D eigenvalue weighted by atomic mass is 9.33. The van der Waals surface area contributed by atoms with E-state index in [-0.39, 0.29) is 11.0 Å². The summed E-state index contributed by atoms with van der Waals surface area (Å²) in [6.45, 7) is 19.2. The summed E-state index contributed by atoms with van der Waals surface area (Å²) in [6.07, 6.45) is 12.5. The molecule has 5 saturated carbocycles. The Hall–Kier alpha value is -0.630. The average molecular weight is 427 g/mol. The monoisotopic (exact) mass is 426 g/mol. The van der Waals surface area contributed by atoms with Gasteiger partial charge in [-0.25, -0.2) is 0 Å². The van der Waals surface area contributed by atoms with E-state index in [1.165, 1.54) is 56.9 Å². The number of Topliss-reactive ketones (excluding diaryl/α,β-unsaturated/α-hetero) is 1. The topological polar surface area (TPSA) is 44.7 Å². The molecule has 0 saturated heterocycles. The maximum absolute atomic E-state index is 12.9. The second-order valence-electron chi connectivity index (χ2n) is 14.2. The summed E-state index contributed by atoms with van der Waals surface area (Å²) in [5.41, 5.74) is 7.57. The minimum Gasteiger partial charge on any atom is -0.352 e. The zero-order valence-corrected chi connectivity index (χ0v) is 21.3. The lowest BCUT2D eigenvalue weighted by molar-refractivity contribution is -0.505. The number of fused-ring (bicyclic) bond motifs is 7. The maximum atomic E-state index is 12.9. The summed E-state index contributed by atoms with van der Waals surface area (Å²) in [4.78, 5) is 12.9. The molecule has 0 amide bonds. The van der Waals surface area contributed by atoms with Crippen molar-refractivity contribution >= 4 is 5.78 Å². The van der Waals surface area contributed by atoms with Crippen LogP contribution in [0, 0.1) is 51.2 Å². The lowest BCUT2D eigenvalue weighted by Crippen LogP contribution is -2.79. The van der Waals surface area contributed by atoms with Gasteiger partial charge in [0.2, 0.25) is 0 Å². The van der Waals surface area contributed by atoms with Gasteiger partial charge in [0.25, 0.3) is 0 Å². The molecular formula is C29H48NO+. The maximum Gasteiger partial charge on any atom is 0.138 e. The summed E-state index contributed by atoms with van der Waals surface area (Å²) in [5, 5.41) is 0. The van der Waals surface area contributed by atoms with E-state index in [2.05, 4.69) is 48.1 Å². The van der Waals surface area contributed by atoms with Crippen LogP contribution in [0.4, 0.5) is 0 Å². The van der Waals surface area contributed by atoms with Crippen molar-refractivity contribution in [2.75, 3.05) is 0 Å². The molecule has 0 spiro atoms. The zero-order chi connectivity index (χ0) is 22.6. The van der Waals surface area contributed by atoms with Crippen LogP contribution in [-0.2, 0) is 4.79 Å². The summed E-state index contributed by atoms with van der Waals surface area (Å²) in [7, 11) is 0. The second-order valence-corrected chi connectivity index (χ2v) is 14.2. The van der Waals surface area contributed by atoms with Crippen molar-refractivity contribution < 1.29 is 10.5 Å². The fourth-order valence-electron chi connectivity index (χ4n) is 11.1. The first-order valence-corrected chi connectivity index (χ1v) is 13.4. The number of carbonyl (C=O) groups excluding carboxylic acids is 1. The molecule has 0 aromatic carbocycles. The van der Waals surface area contributed by atoms with E-state index in [4.69, 9.17) is 5.73 Å². The van der Waals surface area contributed by atoms with E-state index >= 15 is 0 Å². The summed E-state index contributed by atoms with van der Waals surface area (Å²) < 4.78 is 0. The van der Waals surface area contributed by atoms with Crippen molar-refractivity contribution in [3.8, 4) is 0 Å². The van der Waals surface area contributed by atoms with Gasteiger partial charge in [-0.3, -0.25) is 4.79 Å². The third kappa shape index (κ3) is 2.58. The minimum absolute atomic E-state index is 0.141. The van der Waals surface area contributed by atoms with Crippen LogP contribution in [0.25, 0.3) is 0 Å². The standard InChI is InChI=1S/C29H47NO/c1-18(2)19-10-15-29(30)17-16-27(6)20(24(19)29)8-9-22-26(5)13-12-23(31)25(3,4)21(26)11-14-28(22,27)7/h19-22,24H,1,8-17,30H2,2-7H3/p+1/t19-,20+,21-,22+,24+,26-,27+,28+,29-/m0/s1. The SMILES string of the molecule is C=C(C)[C@@H]1CC[C@]2([NH3+])CC[C@]3(C)[C@H](CC[C@@H]4[C@@]5(C)CCC(=O)C(C)(C)[C@@H]5CC[C@]43C)[C@@H]12. The van der Waals surface area contributed by atoms with Crippen LogP contribution in [0.5, 0.6) is 0 Å².